The van der Waals surface area contributed by atoms with Gasteiger partial charge in [-0.15, -0.1) is 12.3 Å². The molecule has 0 aliphatic carbocycles. The van der Waals surface area contributed by atoms with Crippen LogP contribution in [-0.2, 0) is 4.79 Å². The third kappa shape index (κ3) is 3.54. The number of benzene rings is 1. The number of hydrogen-bond acceptors (Lipinski definition) is 5. The van der Waals surface area contributed by atoms with Crippen molar-refractivity contribution < 1.29 is 9.21 Å². The zero-order valence-electron chi connectivity index (χ0n) is 13.3. The van der Waals surface area contributed by atoms with Gasteiger partial charge in [0.2, 0.25) is 5.91 Å². The predicted molar refractivity (Wildman–Crippen MR) is 88.3 cm³/mol. The molecule has 0 radical (unpaired) electrons. The van der Waals surface area contributed by atoms with Crippen molar-refractivity contribution in [2.24, 2.45) is 10.2 Å². The fraction of sp³-hybridized carbons (Fsp3) is 0.412. The average molecular weight is 326 g/mol. The fourth-order valence-electron chi connectivity index (χ4n) is 2.61. The van der Waals surface area contributed by atoms with Crippen LogP contribution in [0.2, 0.25) is 0 Å². The standard InChI is InChI=1S/C17H18N4O3/c1-3-4-8-17(20-21-17)9-7-15(22)18-11(2)12-5-6-13-14(10-12)24-16(23)19-13/h1,5-6,10-11H,4,7-9H2,2H3,(H,18,22)(H,19,23). The smallest absolute Gasteiger partial charge is 0.408 e. The van der Waals surface area contributed by atoms with Crippen molar-refractivity contribution >= 4 is 17.0 Å². The Balaban J connectivity index is 1.55. The maximum absolute atomic E-state index is 12.1. The minimum absolute atomic E-state index is 0.0736. The second kappa shape index (κ2) is 6.32. The third-order valence-electron chi connectivity index (χ3n) is 4.13. The monoisotopic (exact) mass is 326 g/mol. The molecule has 0 bridgehead atoms. The molecule has 0 spiro atoms. The van der Waals surface area contributed by atoms with Gasteiger partial charge in [0.25, 0.3) is 0 Å². The SMILES string of the molecule is C#CCCC1(CCC(=O)NC(C)c2ccc3[nH]c(=O)oc3c2)N=N1. The molecule has 1 unspecified atom stereocenters. The van der Waals surface area contributed by atoms with Gasteiger partial charge in [-0.05, 0) is 24.6 Å². The summed E-state index contributed by atoms with van der Waals surface area (Å²) in [5.74, 6) is 2.00. The van der Waals surface area contributed by atoms with E-state index in [9.17, 15) is 9.59 Å². The molecule has 0 fully saturated rings. The quantitative estimate of drug-likeness (QED) is 0.765. The zero-order chi connectivity index (χ0) is 17.2. The summed E-state index contributed by atoms with van der Waals surface area (Å²) in [6.45, 7) is 1.88. The third-order valence-corrected chi connectivity index (χ3v) is 4.13. The van der Waals surface area contributed by atoms with Crippen LogP contribution in [0.25, 0.3) is 11.1 Å². The van der Waals surface area contributed by atoms with Crippen molar-refractivity contribution in [2.45, 2.75) is 44.3 Å². The normalized spacial score (nSPS) is 15.8. The van der Waals surface area contributed by atoms with Gasteiger partial charge in [0.15, 0.2) is 11.2 Å². The van der Waals surface area contributed by atoms with E-state index in [2.05, 4.69) is 26.4 Å². The molecular formula is C17H18N4O3. The number of rotatable bonds is 7. The topological polar surface area (TPSA) is 99.8 Å². The molecule has 1 amide bonds. The lowest BCUT2D eigenvalue weighted by molar-refractivity contribution is -0.122. The first-order valence-electron chi connectivity index (χ1n) is 7.81. The number of hydrogen-bond donors (Lipinski definition) is 2. The minimum Gasteiger partial charge on any atom is -0.408 e. The van der Waals surface area contributed by atoms with E-state index in [1.54, 1.807) is 12.1 Å². The molecule has 7 nitrogen and oxygen atoms in total. The first-order valence-corrected chi connectivity index (χ1v) is 7.81. The van der Waals surface area contributed by atoms with E-state index in [4.69, 9.17) is 10.8 Å². The summed E-state index contributed by atoms with van der Waals surface area (Å²) in [5, 5.41) is 11.0. The second-order valence-electron chi connectivity index (χ2n) is 5.95. The number of carbonyl (C=O) groups is 1. The van der Waals surface area contributed by atoms with E-state index in [0.29, 0.717) is 36.8 Å². The highest BCUT2D eigenvalue weighted by molar-refractivity contribution is 5.77. The van der Waals surface area contributed by atoms with Crippen LogP contribution in [0.15, 0.2) is 37.6 Å². The van der Waals surface area contributed by atoms with Crippen LogP contribution in [-0.4, -0.2) is 16.6 Å². The van der Waals surface area contributed by atoms with E-state index < -0.39 is 11.4 Å². The highest BCUT2D eigenvalue weighted by Gasteiger charge is 2.39. The molecule has 2 N–H and O–H groups in total. The summed E-state index contributed by atoms with van der Waals surface area (Å²) in [4.78, 5) is 25.9. The minimum atomic E-state index is -0.493. The fourth-order valence-corrected chi connectivity index (χ4v) is 2.61. The van der Waals surface area contributed by atoms with Gasteiger partial charge in [-0.1, -0.05) is 6.07 Å². The van der Waals surface area contributed by atoms with Crippen molar-refractivity contribution in [3.05, 3.63) is 34.3 Å². The Morgan fingerprint density at radius 3 is 2.96 bits per heavy atom. The zero-order valence-corrected chi connectivity index (χ0v) is 13.3. The van der Waals surface area contributed by atoms with Crippen molar-refractivity contribution in [2.75, 3.05) is 0 Å². The van der Waals surface area contributed by atoms with Crippen LogP contribution < -0.4 is 11.1 Å². The number of H-pyrrole nitrogens is 1. The molecule has 0 saturated carbocycles. The molecule has 1 aliphatic heterocycles. The summed E-state index contributed by atoms with van der Waals surface area (Å²) in [5.41, 5.74) is 1.53. The molecule has 24 heavy (non-hydrogen) atoms. The summed E-state index contributed by atoms with van der Waals surface area (Å²) in [7, 11) is 0. The first-order chi connectivity index (χ1) is 11.5. The van der Waals surface area contributed by atoms with Crippen molar-refractivity contribution in [1.29, 1.82) is 0 Å². The number of nitrogens with one attached hydrogen (secondary N) is 2. The van der Waals surface area contributed by atoms with E-state index in [1.165, 1.54) is 0 Å². The summed E-state index contributed by atoms with van der Waals surface area (Å²) in [6.07, 6.45) is 7.45. The summed E-state index contributed by atoms with van der Waals surface area (Å²) in [6, 6.07) is 5.16. The molecule has 124 valence electrons. The molecule has 1 aromatic carbocycles. The van der Waals surface area contributed by atoms with Gasteiger partial charge in [0, 0.05) is 25.7 Å². The molecule has 2 aromatic rings. The van der Waals surface area contributed by atoms with Gasteiger partial charge < -0.3 is 9.73 Å². The maximum Gasteiger partial charge on any atom is 0.417 e. The number of carbonyl (C=O) groups excluding carboxylic acids is 1. The van der Waals surface area contributed by atoms with Gasteiger partial charge >= 0.3 is 5.76 Å². The van der Waals surface area contributed by atoms with Gasteiger partial charge in [-0.25, -0.2) is 4.79 Å². The Morgan fingerprint density at radius 2 is 2.25 bits per heavy atom. The first kappa shape index (κ1) is 16.0. The maximum atomic E-state index is 12.1. The molecule has 1 atom stereocenters. The number of oxazole rings is 1. The number of amides is 1. The van der Waals surface area contributed by atoms with Crippen molar-refractivity contribution in [3.8, 4) is 12.3 Å². The largest absolute Gasteiger partial charge is 0.417 e. The van der Waals surface area contributed by atoms with E-state index in [-0.39, 0.29) is 11.9 Å². The molecule has 1 aromatic heterocycles. The lowest BCUT2D eigenvalue weighted by atomic mass is 10.0. The average Bonchev–Trinajstić information content (AvgIpc) is 3.23. The Kier molecular flexibility index (Phi) is 4.21. The van der Waals surface area contributed by atoms with Crippen LogP contribution >= 0.6 is 0 Å². The molecule has 3 rings (SSSR count). The summed E-state index contributed by atoms with van der Waals surface area (Å²) >= 11 is 0. The van der Waals surface area contributed by atoms with Gasteiger partial charge in [-0.3, -0.25) is 9.78 Å². The van der Waals surface area contributed by atoms with Crippen LogP contribution in [0.5, 0.6) is 0 Å². The molecule has 1 aliphatic rings. The van der Waals surface area contributed by atoms with Gasteiger partial charge in [0.1, 0.15) is 0 Å². The number of fused-ring (bicyclic) bond motifs is 1. The molecule has 2 heterocycles. The van der Waals surface area contributed by atoms with Crippen LogP contribution in [0.4, 0.5) is 0 Å². The van der Waals surface area contributed by atoms with E-state index >= 15 is 0 Å². The second-order valence-corrected chi connectivity index (χ2v) is 5.95. The molecule has 7 heteroatoms. The Morgan fingerprint density at radius 1 is 1.46 bits per heavy atom. The summed E-state index contributed by atoms with van der Waals surface area (Å²) < 4.78 is 5.04. The molecule has 0 saturated heterocycles. The van der Waals surface area contributed by atoms with Crippen LogP contribution in [0.3, 0.4) is 0 Å². The number of terminal acetylenes is 1. The highest BCUT2D eigenvalue weighted by atomic mass is 16.4. The Labute approximate surface area is 138 Å². The molecular weight excluding hydrogens is 308 g/mol. The van der Waals surface area contributed by atoms with Gasteiger partial charge in [0.05, 0.1) is 11.6 Å². The Hall–Kier alpha value is -2.88. The lowest BCUT2D eigenvalue weighted by Gasteiger charge is -2.15. The number of aromatic amines is 1. The number of nitrogens with zero attached hydrogens (tertiary/aromatic N) is 2. The van der Waals surface area contributed by atoms with Crippen molar-refractivity contribution in [1.82, 2.24) is 10.3 Å². The van der Waals surface area contributed by atoms with Crippen LogP contribution in [0, 0.1) is 12.3 Å². The Bertz CT molecular complexity index is 881. The number of aromatic nitrogens is 1. The van der Waals surface area contributed by atoms with E-state index in [1.807, 2.05) is 13.0 Å². The highest BCUT2D eigenvalue weighted by Crippen LogP contribution is 2.37. The lowest BCUT2D eigenvalue weighted by Crippen LogP contribution is -2.28. The van der Waals surface area contributed by atoms with Gasteiger partial charge in [-0.2, -0.15) is 10.2 Å². The van der Waals surface area contributed by atoms with Crippen LogP contribution in [0.1, 0.15) is 44.2 Å². The van der Waals surface area contributed by atoms with Crippen molar-refractivity contribution in [3.63, 3.8) is 0 Å². The predicted octanol–water partition coefficient (Wildman–Crippen LogP) is 2.65. The van der Waals surface area contributed by atoms with E-state index in [0.717, 1.165) is 5.56 Å².